The van der Waals surface area contributed by atoms with E-state index in [0.29, 0.717) is 61.2 Å². The zero-order valence-corrected chi connectivity index (χ0v) is 26.2. The number of benzene rings is 2. The largest absolute Gasteiger partial charge is 0.484 e. The van der Waals surface area contributed by atoms with E-state index >= 15 is 0 Å². The highest BCUT2D eigenvalue weighted by atomic mass is 35.5. The number of rotatable bonds is 18. The summed E-state index contributed by atoms with van der Waals surface area (Å²) in [5.74, 6) is 2.34. The van der Waals surface area contributed by atoms with Crippen LogP contribution in [-0.2, 0) is 9.59 Å². The summed E-state index contributed by atoms with van der Waals surface area (Å²) in [6.07, 6.45) is 1.69. The number of hydrogen-bond acceptors (Lipinski definition) is 4. The van der Waals surface area contributed by atoms with Gasteiger partial charge in [-0.3, -0.25) is 9.59 Å². The maximum Gasteiger partial charge on any atom is 0.260 e. The first-order chi connectivity index (χ1) is 19.4. The lowest BCUT2D eigenvalue weighted by Gasteiger charge is -2.21. The molecule has 0 aliphatic heterocycles. The summed E-state index contributed by atoms with van der Waals surface area (Å²) in [7, 11) is 0. The molecule has 0 N–H and O–H groups in total. The summed E-state index contributed by atoms with van der Waals surface area (Å²) in [6.45, 7) is 5.88. The van der Waals surface area contributed by atoms with Gasteiger partial charge in [0.05, 0.1) is 0 Å². The molecule has 2 aromatic rings. The SMILES string of the molecule is CCC(=C(CC)c1ccc(OCC(=O)N(CCCl)CCCl)cc1)c1ccc(OCC(=O)N(CCCl)CCCl)cc1. The van der Waals surface area contributed by atoms with E-state index in [1.165, 1.54) is 11.1 Å². The summed E-state index contributed by atoms with van der Waals surface area (Å²) in [6, 6.07) is 15.6. The van der Waals surface area contributed by atoms with Crippen LogP contribution < -0.4 is 9.47 Å². The Morgan fingerprint density at radius 3 is 1.12 bits per heavy atom. The molecule has 0 atom stereocenters. The standard InChI is InChI=1S/C30H38Cl4N2O4/c1-3-27(23-5-9-25(10-6-23)39-21-29(37)35(17-13-31)18-14-32)28(4-2)24-7-11-26(12-8-24)40-22-30(38)36(19-15-33)20-16-34/h5-12H,3-4,13-22H2,1-2H3. The third-order valence-electron chi connectivity index (χ3n) is 6.32. The molecule has 2 aromatic carbocycles. The molecule has 0 radical (unpaired) electrons. The predicted molar refractivity (Wildman–Crippen MR) is 167 cm³/mol. The van der Waals surface area contributed by atoms with Gasteiger partial charge in [-0.05, 0) is 59.4 Å². The minimum atomic E-state index is -0.146. The Kier molecular flexibility index (Phi) is 16.3. The Hall–Kier alpha value is -2.12. The third kappa shape index (κ3) is 10.7. The first-order valence-corrected chi connectivity index (χ1v) is 15.5. The molecule has 0 saturated heterocycles. The monoisotopic (exact) mass is 630 g/mol. The van der Waals surface area contributed by atoms with Crippen molar-refractivity contribution in [3.63, 3.8) is 0 Å². The van der Waals surface area contributed by atoms with Crippen LogP contribution in [0.1, 0.15) is 37.8 Å². The minimum Gasteiger partial charge on any atom is -0.484 e. The first-order valence-electron chi connectivity index (χ1n) is 13.4. The average Bonchev–Trinajstić information content (AvgIpc) is 2.98. The second kappa shape index (κ2) is 19.1. The highest BCUT2D eigenvalue weighted by Crippen LogP contribution is 2.33. The van der Waals surface area contributed by atoms with Gasteiger partial charge in [0.1, 0.15) is 11.5 Å². The van der Waals surface area contributed by atoms with Crippen molar-refractivity contribution in [1.29, 1.82) is 0 Å². The Labute approximate surface area is 258 Å². The van der Waals surface area contributed by atoms with Gasteiger partial charge in [-0.25, -0.2) is 0 Å². The Bertz CT molecular complexity index is 981. The fourth-order valence-electron chi connectivity index (χ4n) is 4.29. The lowest BCUT2D eigenvalue weighted by molar-refractivity contribution is -0.133. The molecule has 2 rings (SSSR count). The van der Waals surface area contributed by atoms with E-state index in [2.05, 4.69) is 13.8 Å². The van der Waals surface area contributed by atoms with Crippen molar-refractivity contribution in [2.24, 2.45) is 0 Å². The molecule has 0 aliphatic rings. The zero-order valence-electron chi connectivity index (χ0n) is 23.1. The Balaban J connectivity index is 2.10. The lowest BCUT2D eigenvalue weighted by atomic mass is 9.91. The van der Waals surface area contributed by atoms with Crippen LogP contribution in [0.4, 0.5) is 0 Å². The topological polar surface area (TPSA) is 59.1 Å². The van der Waals surface area contributed by atoms with Crippen LogP contribution in [0, 0.1) is 0 Å². The number of hydrogen-bond donors (Lipinski definition) is 0. The Morgan fingerprint density at radius 1 is 0.575 bits per heavy atom. The van der Waals surface area contributed by atoms with Crippen molar-refractivity contribution in [3.05, 3.63) is 59.7 Å². The molecule has 0 aromatic heterocycles. The van der Waals surface area contributed by atoms with Gasteiger partial charge < -0.3 is 19.3 Å². The number of allylic oxidation sites excluding steroid dienone is 2. The molecule has 40 heavy (non-hydrogen) atoms. The number of nitrogens with zero attached hydrogens (tertiary/aromatic N) is 2. The number of amides is 2. The van der Waals surface area contributed by atoms with Crippen molar-refractivity contribution < 1.29 is 19.1 Å². The van der Waals surface area contributed by atoms with E-state index in [1.807, 2.05) is 48.5 Å². The Morgan fingerprint density at radius 2 is 0.875 bits per heavy atom. The van der Waals surface area contributed by atoms with Gasteiger partial charge in [-0.1, -0.05) is 38.1 Å². The average molecular weight is 632 g/mol. The molecule has 0 fully saturated rings. The molecule has 0 bridgehead atoms. The van der Waals surface area contributed by atoms with Crippen LogP contribution >= 0.6 is 46.4 Å². The predicted octanol–water partition coefficient (Wildman–Crippen LogP) is 6.79. The molecule has 0 saturated carbocycles. The number of carbonyl (C=O) groups is 2. The number of carbonyl (C=O) groups excluding carboxylic acids is 2. The quantitative estimate of drug-likeness (QED) is 0.134. The van der Waals surface area contributed by atoms with Crippen LogP contribution in [-0.4, -0.2) is 84.5 Å². The fourth-order valence-corrected chi connectivity index (χ4v) is 5.11. The molecule has 2 amide bonds. The molecule has 0 spiro atoms. The number of alkyl halides is 4. The number of ether oxygens (including phenoxy) is 2. The fraction of sp³-hybridized carbons (Fsp3) is 0.467. The molecule has 6 nitrogen and oxygen atoms in total. The van der Waals surface area contributed by atoms with Crippen molar-refractivity contribution in [2.75, 3.05) is 62.9 Å². The molecule has 10 heteroatoms. The molecular weight excluding hydrogens is 594 g/mol. The second-order valence-corrected chi connectivity index (χ2v) is 10.3. The minimum absolute atomic E-state index is 0.0682. The second-order valence-electron chi connectivity index (χ2n) is 8.81. The van der Waals surface area contributed by atoms with Crippen molar-refractivity contribution in [2.45, 2.75) is 26.7 Å². The summed E-state index contributed by atoms with van der Waals surface area (Å²) >= 11 is 23.2. The van der Waals surface area contributed by atoms with Gasteiger partial charge in [-0.2, -0.15) is 0 Å². The summed E-state index contributed by atoms with van der Waals surface area (Å²) < 4.78 is 11.5. The molecule has 0 unspecified atom stereocenters. The molecule has 0 heterocycles. The van der Waals surface area contributed by atoms with Gasteiger partial charge in [0.2, 0.25) is 0 Å². The smallest absolute Gasteiger partial charge is 0.260 e. The van der Waals surface area contributed by atoms with Crippen molar-refractivity contribution >= 4 is 69.4 Å². The highest BCUT2D eigenvalue weighted by Gasteiger charge is 2.15. The van der Waals surface area contributed by atoms with Crippen LogP contribution in [0.5, 0.6) is 11.5 Å². The first kappa shape index (κ1) is 34.1. The van der Waals surface area contributed by atoms with Crippen molar-refractivity contribution in [3.8, 4) is 11.5 Å². The van der Waals surface area contributed by atoms with Crippen LogP contribution in [0.2, 0.25) is 0 Å². The lowest BCUT2D eigenvalue weighted by Crippen LogP contribution is -2.37. The van der Waals surface area contributed by atoms with E-state index in [-0.39, 0.29) is 25.0 Å². The third-order valence-corrected chi connectivity index (χ3v) is 7.00. The maximum absolute atomic E-state index is 12.4. The normalized spacial score (nSPS) is 11.6. The van der Waals surface area contributed by atoms with E-state index in [9.17, 15) is 9.59 Å². The summed E-state index contributed by atoms with van der Waals surface area (Å²) in [5.41, 5.74) is 4.63. The van der Waals surface area contributed by atoms with Gasteiger partial charge >= 0.3 is 0 Å². The van der Waals surface area contributed by atoms with Gasteiger partial charge in [0, 0.05) is 49.7 Å². The number of halogens is 4. The van der Waals surface area contributed by atoms with Crippen LogP contribution in [0.25, 0.3) is 11.1 Å². The van der Waals surface area contributed by atoms with Crippen LogP contribution in [0.15, 0.2) is 48.5 Å². The zero-order chi connectivity index (χ0) is 29.3. The molecule has 220 valence electrons. The van der Waals surface area contributed by atoms with Crippen molar-refractivity contribution in [1.82, 2.24) is 9.80 Å². The summed E-state index contributed by atoms with van der Waals surface area (Å²) in [5, 5.41) is 0. The van der Waals surface area contributed by atoms with Gasteiger partial charge in [0.25, 0.3) is 11.8 Å². The summed E-state index contributed by atoms with van der Waals surface area (Å²) in [4.78, 5) is 28.1. The molecule has 0 aliphatic carbocycles. The maximum atomic E-state index is 12.4. The van der Waals surface area contributed by atoms with Crippen LogP contribution in [0.3, 0.4) is 0 Å². The van der Waals surface area contributed by atoms with Gasteiger partial charge in [-0.15, -0.1) is 46.4 Å². The van der Waals surface area contributed by atoms with E-state index in [0.717, 1.165) is 24.0 Å². The van der Waals surface area contributed by atoms with E-state index in [4.69, 9.17) is 55.9 Å². The van der Waals surface area contributed by atoms with E-state index < -0.39 is 0 Å². The van der Waals surface area contributed by atoms with Gasteiger partial charge in [0.15, 0.2) is 13.2 Å². The highest BCUT2D eigenvalue weighted by molar-refractivity contribution is 6.19. The molecular formula is C30H38Cl4N2O4. The van der Waals surface area contributed by atoms with E-state index in [1.54, 1.807) is 9.80 Å².